The van der Waals surface area contributed by atoms with Crippen molar-refractivity contribution in [2.24, 2.45) is 0 Å². The van der Waals surface area contributed by atoms with Gasteiger partial charge in [-0.1, -0.05) is 29.8 Å². The van der Waals surface area contributed by atoms with Gasteiger partial charge in [0.2, 0.25) is 0 Å². The lowest BCUT2D eigenvalue weighted by atomic mass is 9.82. The highest BCUT2D eigenvalue weighted by molar-refractivity contribution is 5.98. The summed E-state index contributed by atoms with van der Waals surface area (Å²) in [4.78, 5) is 20.1. The van der Waals surface area contributed by atoms with Crippen molar-refractivity contribution in [1.82, 2.24) is 19.6 Å². The molecule has 0 fully saturated rings. The Hall–Kier alpha value is -2.77. The van der Waals surface area contributed by atoms with Gasteiger partial charge in [0.05, 0.1) is 11.3 Å². The molecule has 0 spiro atoms. The Labute approximate surface area is 140 Å². The van der Waals surface area contributed by atoms with Crippen LogP contribution in [0.1, 0.15) is 45.3 Å². The fraction of sp³-hybridized carbons (Fsp3) is 0.294. The SMILES string of the molecule is Cc1cccc(C2CC(=O)c3cn4nc(C(F)(F)F)nc4nc3C2)c1. The first-order valence-electron chi connectivity index (χ1n) is 7.74. The molecule has 0 N–H and O–H groups in total. The first-order valence-corrected chi connectivity index (χ1v) is 7.74. The molecule has 0 aliphatic heterocycles. The van der Waals surface area contributed by atoms with E-state index in [0.29, 0.717) is 24.1 Å². The van der Waals surface area contributed by atoms with Gasteiger partial charge in [-0.3, -0.25) is 4.79 Å². The van der Waals surface area contributed by atoms with Crippen LogP contribution in [0.25, 0.3) is 5.78 Å². The van der Waals surface area contributed by atoms with E-state index in [1.165, 1.54) is 6.20 Å². The number of Topliss-reactive ketones (excluding diaryl/α,β-unsaturated/α-hetero) is 1. The van der Waals surface area contributed by atoms with Gasteiger partial charge in [0.25, 0.3) is 11.6 Å². The van der Waals surface area contributed by atoms with E-state index in [0.717, 1.165) is 15.6 Å². The van der Waals surface area contributed by atoms with Gasteiger partial charge < -0.3 is 0 Å². The number of hydrogen-bond acceptors (Lipinski definition) is 4. The molecule has 1 aliphatic rings. The van der Waals surface area contributed by atoms with Crippen LogP contribution < -0.4 is 0 Å². The van der Waals surface area contributed by atoms with Gasteiger partial charge in [-0.15, -0.1) is 5.10 Å². The minimum Gasteiger partial charge on any atom is -0.294 e. The Balaban J connectivity index is 1.77. The van der Waals surface area contributed by atoms with Crippen molar-refractivity contribution >= 4 is 11.6 Å². The van der Waals surface area contributed by atoms with Crippen molar-refractivity contribution in [2.45, 2.75) is 31.9 Å². The molecule has 0 saturated carbocycles. The van der Waals surface area contributed by atoms with Crippen molar-refractivity contribution < 1.29 is 18.0 Å². The van der Waals surface area contributed by atoms with Gasteiger partial charge in [-0.2, -0.15) is 18.2 Å². The second kappa shape index (κ2) is 5.37. The maximum Gasteiger partial charge on any atom is 0.453 e. The molecule has 1 atom stereocenters. The largest absolute Gasteiger partial charge is 0.453 e. The zero-order chi connectivity index (χ0) is 17.8. The lowest BCUT2D eigenvalue weighted by Gasteiger charge is -2.23. The zero-order valence-electron chi connectivity index (χ0n) is 13.2. The summed E-state index contributed by atoms with van der Waals surface area (Å²) in [5.74, 6) is -1.60. The van der Waals surface area contributed by atoms with E-state index in [-0.39, 0.29) is 17.5 Å². The number of rotatable bonds is 1. The van der Waals surface area contributed by atoms with E-state index < -0.39 is 12.0 Å². The second-order valence-corrected chi connectivity index (χ2v) is 6.22. The van der Waals surface area contributed by atoms with E-state index in [4.69, 9.17) is 0 Å². The summed E-state index contributed by atoms with van der Waals surface area (Å²) in [6.07, 6.45) is -2.57. The third kappa shape index (κ3) is 2.77. The lowest BCUT2D eigenvalue weighted by molar-refractivity contribution is -0.144. The number of fused-ring (bicyclic) bond motifs is 2. The minimum absolute atomic E-state index is 0.0418. The highest BCUT2D eigenvalue weighted by Gasteiger charge is 2.37. The van der Waals surface area contributed by atoms with Crippen LogP contribution in [0.2, 0.25) is 0 Å². The Bertz CT molecular complexity index is 993. The first kappa shape index (κ1) is 15.7. The van der Waals surface area contributed by atoms with Gasteiger partial charge in [0, 0.05) is 12.6 Å². The summed E-state index contributed by atoms with van der Waals surface area (Å²) >= 11 is 0. The normalized spacial score (nSPS) is 17.8. The number of ketones is 1. The first-order chi connectivity index (χ1) is 11.8. The van der Waals surface area contributed by atoms with Gasteiger partial charge >= 0.3 is 6.18 Å². The number of carbonyl (C=O) groups is 1. The summed E-state index contributed by atoms with van der Waals surface area (Å²) < 4.78 is 39.2. The van der Waals surface area contributed by atoms with E-state index in [1.54, 1.807) is 0 Å². The summed E-state index contributed by atoms with van der Waals surface area (Å²) in [6.45, 7) is 1.97. The molecule has 5 nitrogen and oxygen atoms in total. The standard InChI is InChI=1S/C17H13F3N4O/c1-9-3-2-4-10(5-9)11-6-13-12(14(25)7-11)8-24-16(21-13)22-15(23-24)17(18,19)20/h2-5,8,11H,6-7H2,1H3. The highest BCUT2D eigenvalue weighted by atomic mass is 19.4. The van der Waals surface area contributed by atoms with Crippen molar-refractivity contribution in [1.29, 1.82) is 0 Å². The third-order valence-corrected chi connectivity index (χ3v) is 4.35. The maximum absolute atomic E-state index is 12.8. The molecule has 1 unspecified atom stereocenters. The van der Waals surface area contributed by atoms with Crippen molar-refractivity contribution in [3.8, 4) is 0 Å². The van der Waals surface area contributed by atoms with Gasteiger partial charge in [0.1, 0.15) is 0 Å². The molecule has 25 heavy (non-hydrogen) atoms. The number of carbonyl (C=O) groups excluding carboxylic acids is 1. The number of aryl methyl sites for hydroxylation is 1. The summed E-state index contributed by atoms with van der Waals surface area (Å²) in [5, 5.41) is 3.38. The molecule has 128 valence electrons. The van der Waals surface area contributed by atoms with Gasteiger partial charge in [-0.25, -0.2) is 9.50 Å². The van der Waals surface area contributed by atoms with Gasteiger partial charge in [0.15, 0.2) is 5.78 Å². The quantitative estimate of drug-likeness (QED) is 0.678. The number of nitrogens with zero attached hydrogens (tertiary/aromatic N) is 4. The molecule has 0 radical (unpaired) electrons. The molecule has 1 aromatic carbocycles. The summed E-state index contributed by atoms with van der Waals surface area (Å²) in [5.41, 5.74) is 2.90. The van der Waals surface area contributed by atoms with Crippen molar-refractivity contribution in [2.75, 3.05) is 0 Å². The van der Waals surface area contributed by atoms with E-state index in [9.17, 15) is 18.0 Å². The van der Waals surface area contributed by atoms with E-state index >= 15 is 0 Å². The van der Waals surface area contributed by atoms with E-state index in [1.807, 2.05) is 31.2 Å². The molecule has 1 aliphatic carbocycles. The predicted octanol–water partition coefficient (Wildman–Crippen LogP) is 3.36. The molecular formula is C17H13F3N4O. The predicted molar refractivity (Wildman–Crippen MR) is 82.4 cm³/mol. The number of hydrogen-bond donors (Lipinski definition) is 0. The van der Waals surface area contributed by atoms with Crippen LogP contribution in [0, 0.1) is 6.92 Å². The topological polar surface area (TPSA) is 60.2 Å². The third-order valence-electron chi connectivity index (χ3n) is 4.35. The summed E-state index contributed by atoms with van der Waals surface area (Å²) in [7, 11) is 0. The molecule has 0 amide bonds. The molecule has 2 heterocycles. The molecular weight excluding hydrogens is 333 g/mol. The van der Waals surface area contributed by atoms with Crippen LogP contribution in [-0.2, 0) is 12.6 Å². The van der Waals surface area contributed by atoms with Gasteiger partial charge in [-0.05, 0) is 24.8 Å². The van der Waals surface area contributed by atoms with Crippen LogP contribution in [0.3, 0.4) is 0 Å². The van der Waals surface area contributed by atoms with Crippen LogP contribution in [-0.4, -0.2) is 25.4 Å². The molecule has 3 aromatic rings. The maximum atomic E-state index is 12.8. The molecule has 2 aromatic heterocycles. The monoisotopic (exact) mass is 346 g/mol. The van der Waals surface area contributed by atoms with Crippen LogP contribution in [0.5, 0.6) is 0 Å². The zero-order valence-corrected chi connectivity index (χ0v) is 13.2. The Kier molecular flexibility index (Phi) is 3.38. The molecule has 0 bridgehead atoms. The lowest BCUT2D eigenvalue weighted by Crippen LogP contribution is -2.21. The molecule has 8 heteroatoms. The Morgan fingerprint density at radius 2 is 2.00 bits per heavy atom. The summed E-state index contributed by atoms with van der Waals surface area (Å²) in [6, 6.07) is 7.86. The Morgan fingerprint density at radius 3 is 2.72 bits per heavy atom. The average molecular weight is 346 g/mol. The van der Waals surface area contributed by atoms with Crippen LogP contribution >= 0.6 is 0 Å². The van der Waals surface area contributed by atoms with Crippen molar-refractivity contribution in [3.05, 3.63) is 58.7 Å². The fourth-order valence-electron chi connectivity index (χ4n) is 3.16. The van der Waals surface area contributed by atoms with E-state index in [2.05, 4.69) is 15.1 Å². The minimum atomic E-state index is -4.65. The second-order valence-electron chi connectivity index (χ2n) is 6.22. The van der Waals surface area contributed by atoms with Crippen LogP contribution in [0.4, 0.5) is 13.2 Å². The number of aromatic nitrogens is 4. The smallest absolute Gasteiger partial charge is 0.294 e. The van der Waals surface area contributed by atoms with Crippen molar-refractivity contribution in [3.63, 3.8) is 0 Å². The molecule has 4 rings (SSSR count). The number of alkyl halides is 3. The highest BCUT2D eigenvalue weighted by Crippen LogP contribution is 2.33. The average Bonchev–Trinajstić information content (AvgIpc) is 2.96. The van der Waals surface area contributed by atoms with Crippen LogP contribution in [0.15, 0.2) is 30.5 Å². The number of halogens is 3. The molecule has 0 saturated heterocycles. The Morgan fingerprint density at radius 1 is 1.20 bits per heavy atom. The fourth-order valence-corrected chi connectivity index (χ4v) is 3.16. The number of benzene rings is 1.